The second-order valence-corrected chi connectivity index (χ2v) is 12.0. The number of nitriles is 1. The van der Waals surface area contributed by atoms with Crippen molar-refractivity contribution in [2.24, 2.45) is 0 Å². The first kappa shape index (κ1) is 24.7. The second-order valence-electron chi connectivity index (χ2n) is 11.0. The molecule has 0 aliphatic carbocycles. The number of rotatable bonds is 3. The monoisotopic (exact) mass is 578 g/mol. The van der Waals surface area contributed by atoms with Crippen LogP contribution in [-0.4, -0.2) is 14.5 Å². The van der Waals surface area contributed by atoms with Crippen molar-refractivity contribution in [2.75, 3.05) is 0 Å². The molecule has 6 aromatic carbocycles. The molecule has 3 heterocycles. The van der Waals surface area contributed by atoms with Crippen LogP contribution >= 0.6 is 11.3 Å². The van der Waals surface area contributed by atoms with Crippen LogP contribution in [0.25, 0.3) is 81.2 Å². The van der Waals surface area contributed by atoms with Gasteiger partial charge in [-0.3, -0.25) is 4.57 Å². The minimum Gasteiger partial charge on any atom is -0.293 e. The third-order valence-electron chi connectivity index (χ3n) is 8.45. The van der Waals surface area contributed by atoms with Gasteiger partial charge in [-0.15, -0.1) is 11.3 Å². The molecule has 9 aromatic rings. The van der Waals surface area contributed by atoms with E-state index in [-0.39, 0.29) is 0 Å². The molecule has 0 aliphatic rings. The van der Waals surface area contributed by atoms with Crippen LogP contribution in [0.4, 0.5) is 0 Å². The van der Waals surface area contributed by atoms with Crippen LogP contribution in [0.15, 0.2) is 133 Å². The number of para-hydroxylation sites is 1. The highest BCUT2D eigenvalue weighted by Gasteiger charge is 2.21. The van der Waals surface area contributed by atoms with E-state index in [1.165, 1.54) is 21.5 Å². The van der Waals surface area contributed by atoms with Crippen LogP contribution in [0.1, 0.15) is 5.56 Å². The van der Waals surface area contributed by atoms with Gasteiger partial charge in [0.15, 0.2) is 11.6 Å². The van der Waals surface area contributed by atoms with Gasteiger partial charge in [0.05, 0.1) is 28.1 Å². The average molecular weight is 579 g/mol. The predicted octanol–water partition coefficient (Wildman–Crippen LogP) is 10.3. The molecular formula is C39H22N4S. The van der Waals surface area contributed by atoms with Crippen LogP contribution < -0.4 is 0 Å². The molecule has 0 atom stereocenters. The zero-order valence-electron chi connectivity index (χ0n) is 23.4. The van der Waals surface area contributed by atoms with Gasteiger partial charge in [-0.1, -0.05) is 97.1 Å². The third-order valence-corrected chi connectivity index (χ3v) is 9.49. The zero-order chi connectivity index (χ0) is 29.2. The molecule has 0 saturated heterocycles. The van der Waals surface area contributed by atoms with Crippen molar-refractivity contribution in [3.63, 3.8) is 0 Å². The minimum absolute atomic E-state index is 0.656. The molecule has 3 aromatic heterocycles. The van der Waals surface area contributed by atoms with Gasteiger partial charge in [0.25, 0.3) is 0 Å². The molecule has 0 fully saturated rings. The molecular weight excluding hydrogens is 557 g/mol. The third kappa shape index (κ3) is 3.75. The number of aromatic nitrogens is 3. The van der Waals surface area contributed by atoms with Crippen molar-refractivity contribution in [2.45, 2.75) is 0 Å². The van der Waals surface area contributed by atoms with E-state index >= 15 is 0 Å². The lowest BCUT2D eigenvalue weighted by Gasteiger charge is -2.12. The normalized spacial score (nSPS) is 11.6. The molecule has 5 heteroatoms. The van der Waals surface area contributed by atoms with E-state index in [1.807, 2.05) is 42.5 Å². The van der Waals surface area contributed by atoms with E-state index < -0.39 is 0 Å². The SMILES string of the molecule is N#Cc1ccc(-c2ccc3c(c2)sc2nc(-c4ccccc4)nc(-n4c5ccccc5c5cc6ccccc6cc54)c23)cc1. The average Bonchev–Trinajstić information content (AvgIpc) is 3.62. The maximum absolute atomic E-state index is 9.25. The van der Waals surface area contributed by atoms with Crippen molar-refractivity contribution in [1.29, 1.82) is 5.26 Å². The maximum atomic E-state index is 9.25. The predicted molar refractivity (Wildman–Crippen MR) is 182 cm³/mol. The summed E-state index contributed by atoms with van der Waals surface area (Å²) in [5.41, 5.74) is 6.06. The molecule has 0 bridgehead atoms. The van der Waals surface area contributed by atoms with E-state index in [2.05, 4.69) is 102 Å². The quantitative estimate of drug-likeness (QED) is 0.210. The van der Waals surface area contributed by atoms with Crippen molar-refractivity contribution in [3.05, 3.63) is 139 Å². The number of hydrogen-bond acceptors (Lipinski definition) is 4. The van der Waals surface area contributed by atoms with E-state index in [1.54, 1.807) is 11.3 Å². The van der Waals surface area contributed by atoms with Gasteiger partial charge in [0, 0.05) is 26.4 Å². The molecule has 4 nitrogen and oxygen atoms in total. The Kier molecular flexibility index (Phi) is 5.40. The zero-order valence-corrected chi connectivity index (χ0v) is 24.2. The fraction of sp³-hybridized carbons (Fsp3) is 0. The first-order valence-electron chi connectivity index (χ1n) is 14.5. The molecule has 0 radical (unpaired) electrons. The van der Waals surface area contributed by atoms with Crippen LogP contribution in [0.5, 0.6) is 0 Å². The largest absolute Gasteiger partial charge is 0.293 e. The highest BCUT2D eigenvalue weighted by atomic mass is 32.1. The summed E-state index contributed by atoms with van der Waals surface area (Å²) >= 11 is 1.69. The van der Waals surface area contributed by atoms with Gasteiger partial charge >= 0.3 is 0 Å². The van der Waals surface area contributed by atoms with Gasteiger partial charge in [0.2, 0.25) is 0 Å². The first-order chi connectivity index (χ1) is 21.7. The topological polar surface area (TPSA) is 54.5 Å². The number of thiophene rings is 1. The summed E-state index contributed by atoms with van der Waals surface area (Å²) in [6.45, 7) is 0. The smallest absolute Gasteiger partial charge is 0.163 e. The molecule has 0 spiro atoms. The van der Waals surface area contributed by atoms with E-state index in [9.17, 15) is 5.26 Å². The summed E-state index contributed by atoms with van der Waals surface area (Å²) in [7, 11) is 0. The lowest BCUT2D eigenvalue weighted by molar-refractivity contribution is 1.08. The molecule has 9 rings (SSSR count). The van der Waals surface area contributed by atoms with Crippen molar-refractivity contribution in [1.82, 2.24) is 14.5 Å². The van der Waals surface area contributed by atoms with Crippen LogP contribution in [0.3, 0.4) is 0 Å². The molecule has 44 heavy (non-hydrogen) atoms. The maximum Gasteiger partial charge on any atom is 0.163 e. The Morgan fingerprint density at radius 3 is 2.11 bits per heavy atom. The minimum atomic E-state index is 0.656. The van der Waals surface area contributed by atoms with Crippen molar-refractivity contribution in [3.8, 4) is 34.4 Å². The second kappa shape index (κ2) is 9.60. The number of nitrogens with zero attached hydrogens (tertiary/aromatic N) is 4. The number of benzene rings is 6. The van der Waals surface area contributed by atoms with E-state index in [0.717, 1.165) is 53.8 Å². The Morgan fingerprint density at radius 2 is 1.30 bits per heavy atom. The number of fused-ring (bicyclic) bond motifs is 7. The Bertz CT molecular complexity index is 2610. The van der Waals surface area contributed by atoms with Gasteiger partial charge < -0.3 is 0 Å². The molecule has 0 aliphatic heterocycles. The fourth-order valence-corrected chi connectivity index (χ4v) is 7.44. The molecule has 0 saturated carbocycles. The Balaban J connectivity index is 1.39. The molecule has 0 amide bonds. The number of hydrogen-bond donors (Lipinski definition) is 0. The summed E-state index contributed by atoms with van der Waals surface area (Å²) in [5.74, 6) is 1.59. The van der Waals surface area contributed by atoms with E-state index in [0.29, 0.717) is 11.4 Å². The van der Waals surface area contributed by atoms with Crippen LogP contribution in [0, 0.1) is 11.3 Å². The van der Waals surface area contributed by atoms with Gasteiger partial charge in [-0.25, -0.2) is 9.97 Å². The first-order valence-corrected chi connectivity index (χ1v) is 15.3. The summed E-state index contributed by atoms with van der Waals surface area (Å²) in [4.78, 5) is 11.4. The van der Waals surface area contributed by atoms with Crippen molar-refractivity contribution >= 4 is 64.2 Å². The summed E-state index contributed by atoms with van der Waals surface area (Å²) in [5, 5.41) is 16.2. The summed E-state index contributed by atoms with van der Waals surface area (Å²) < 4.78 is 3.47. The molecule has 0 N–H and O–H groups in total. The lowest BCUT2D eigenvalue weighted by Crippen LogP contribution is -2.01. The Labute approximate surface area is 256 Å². The lowest BCUT2D eigenvalue weighted by atomic mass is 10.0. The van der Waals surface area contributed by atoms with Crippen molar-refractivity contribution < 1.29 is 0 Å². The van der Waals surface area contributed by atoms with Gasteiger partial charge in [0.1, 0.15) is 4.83 Å². The van der Waals surface area contributed by atoms with Gasteiger partial charge in [-0.05, 0) is 58.3 Å². The van der Waals surface area contributed by atoms with Crippen LogP contribution in [0.2, 0.25) is 0 Å². The fourth-order valence-electron chi connectivity index (χ4n) is 6.33. The Morgan fingerprint density at radius 1 is 0.568 bits per heavy atom. The Hall–Kier alpha value is -5.83. The standard InChI is InChI=1S/C39H22N4S/c40-23-24-14-16-25(17-15-24)29-18-19-31-35(22-29)44-39-36(31)38(41-37(42-39)26-8-2-1-3-9-26)43-33-13-7-6-12-30(33)32-20-27-10-4-5-11-28(27)21-34(32)43/h1-22H. The summed E-state index contributed by atoms with van der Waals surface area (Å²) in [6.07, 6.45) is 0. The van der Waals surface area contributed by atoms with Crippen LogP contribution in [-0.2, 0) is 0 Å². The highest BCUT2D eigenvalue weighted by molar-refractivity contribution is 7.25. The highest BCUT2D eigenvalue weighted by Crippen LogP contribution is 2.42. The summed E-state index contributed by atoms with van der Waals surface area (Å²) in [6, 6.07) is 48.5. The van der Waals surface area contributed by atoms with E-state index in [4.69, 9.17) is 9.97 Å². The molecule has 204 valence electrons. The van der Waals surface area contributed by atoms with Gasteiger partial charge in [-0.2, -0.15) is 5.26 Å². The molecule has 0 unspecified atom stereocenters.